The molecule has 0 radical (unpaired) electrons. The summed E-state index contributed by atoms with van der Waals surface area (Å²) in [6.45, 7) is 8.08. The summed E-state index contributed by atoms with van der Waals surface area (Å²) < 4.78 is 11.3. The number of hydrogen-bond donors (Lipinski definition) is 1. The van der Waals surface area contributed by atoms with Crippen LogP contribution in [0.15, 0.2) is 30.3 Å². The fraction of sp³-hybridized carbons (Fsp3) is 0.333. The number of benzene rings is 2. The number of ether oxygens (including phenoxy) is 2. The summed E-state index contributed by atoms with van der Waals surface area (Å²) in [6, 6.07) is 9.25. The van der Waals surface area contributed by atoms with Crippen LogP contribution in [0.25, 0.3) is 0 Å². The van der Waals surface area contributed by atoms with Crippen molar-refractivity contribution in [1.29, 1.82) is 0 Å². The van der Waals surface area contributed by atoms with Crippen LogP contribution in [0.4, 0.5) is 0 Å². The molecule has 3 nitrogen and oxygen atoms in total. The highest BCUT2D eigenvalue weighted by atomic mass is 16.5. The van der Waals surface area contributed by atoms with Gasteiger partial charge in [0, 0.05) is 5.56 Å². The van der Waals surface area contributed by atoms with Crippen molar-refractivity contribution < 1.29 is 14.6 Å². The van der Waals surface area contributed by atoms with Crippen LogP contribution in [0, 0.1) is 13.8 Å². The topological polar surface area (TPSA) is 38.7 Å². The Morgan fingerprint density at radius 2 is 1.57 bits per heavy atom. The van der Waals surface area contributed by atoms with Crippen molar-refractivity contribution in [2.45, 2.75) is 33.6 Å². The van der Waals surface area contributed by atoms with E-state index in [4.69, 9.17) is 9.47 Å². The Kier molecular flexibility index (Phi) is 4.41. The molecule has 2 aromatic rings. The predicted molar refractivity (Wildman–Crippen MR) is 84.7 cm³/mol. The Hall–Kier alpha value is -2.16. The lowest BCUT2D eigenvalue weighted by atomic mass is 10.0. The van der Waals surface area contributed by atoms with Gasteiger partial charge in [0.15, 0.2) is 0 Å². The van der Waals surface area contributed by atoms with Gasteiger partial charge < -0.3 is 14.6 Å². The van der Waals surface area contributed by atoms with E-state index in [0.29, 0.717) is 5.75 Å². The van der Waals surface area contributed by atoms with Crippen molar-refractivity contribution in [2.75, 3.05) is 7.11 Å². The summed E-state index contributed by atoms with van der Waals surface area (Å²) in [7, 11) is 1.66. The van der Waals surface area contributed by atoms with Crippen LogP contribution < -0.4 is 9.47 Å². The number of aryl methyl sites for hydroxylation is 2. The van der Waals surface area contributed by atoms with E-state index in [1.807, 2.05) is 45.9 Å². The van der Waals surface area contributed by atoms with Gasteiger partial charge in [0.2, 0.25) is 0 Å². The van der Waals surface area contributed by atoms with Gasteiger partial charge in [-0.3, -0.25) is 0 Å². The van der Waals surface area contributed by atoms with Crippen molar-refractivity contribution in [3.8, 4) is 23.0 Å². The molecule has 0 aromatic heterocycles. The number of rotatable bonds is 4. The van der Waals surface area contributed by atoms with E-state index < -0.39 is 0 Å². The molecule has 0 saturated carbocycles. The minimum Gasteiger partial charge on any atom is -0.508 e. The minimum atomic E-state index is 0.242. The Morgan fingerprint density at radius 3 is 2.10 bits per heavy atom. The maximum absolute atomic E-state index is 9.88. The number of methoxy groups -OCH3 is 1. The normalized spacial score (nSPS) is 10.8. The quantitative estimate of drug-likeness (QED) is 0.865. The van der Waals surface area contributed by atoms with E-state index >= 15 is 0 Å². The molecule has 0 fully saturated rings. The van der Waals surface area contributed by atoms with Gasteiger partial charge in [-0.25, -0.2) is 0 Å². The molecule has 112 valence electrons. The van der Waals surface area contributed by atoms with E-state index in [1.54, 1.807) is 19.2 Å². The first kappa shape index (κ1) is 15.2. The first-order valence-electron chi connectivity index (χ1n) is 7.08. The van der Waals surface area contributed by atoms with Gasteiger partial charge in [0.1, 0.15) is 23.0 Å². The lowest BCUT2D eigenvalue weighted by Crippen LogP contribution is -1.95. The second kappa shape index (κ2) is 6.08. The Balaban J connectivity index is 2.37. The highest BCUT2D eigenvalue weighted by Crippen LogP contribution is 2.35. The van der Waals surface area contributed by atoms with Crippen molar-refractivity contribution in [2.24, 2.45) is 0 Å². The van der Waals surface area contributed by atoms with Gasteiger partial charge >= 0.3 is 0 Å². The summed E-state index contributed by atoms with van der Waals surface area (Å²) in [5.41, 5.74) is 2.92. The minimum absolute atomic E-state index is 0.242. The van der Waals surface area contributed by atoms with E-state index in [-0.39, 0.29) is 5.92 Å². The molecule has 0 aliphatic carbocycles. The molecule has 2 aromatic carbocycles. The first-order chi connectivity index (χ1) is 9.92. The molecule has 0 heterocycles. The Morgan fingerprint density at radius 1 is 0.952 bits per heavy atom. The molecule has 0 aliphatic rings. The highest BCUT2D eigenvalue weighted by Gasteiger charge is 2.11. The van der Waals surface area contributed by atoms with Crippen LogP contribution in [0.5, 0.6) is 23.0 Å². The van der Waals surface area contributed by atoms with Crippen molar-refractivity contribution in [3.63, 3.8) is 0 Å². The third-order valence-corrected chi connectivity index (χ3v) is 3.51. The first-order valence-corrected chi connectivity index (χ1v) is 7.08. The average molecular weight is 286 g/mol. The molecule has 2 rings (SSSR count). The number of hydrogen-bond acceptors (Lipinski definition) is 3. The molecule has 3 heteroatoms. The number of phenols is 1. The Bertz CT molecular complexity index is 622. The summed E-state index contributed by atoms with van der Waals surface area (Å²) in [5.74, 6) is 2.93. The molecule has 0 aliphatic heterocycles. The number of phenolic OH excluding ortho intramolecular Hbond substituents is 1. The lowest BCUT2D eigenvalue weighted by molar-refractivity contribution is 0.411. The maximum atomic E-state index is 9.88. The van der Waals surface area contributed by atoms with Gasteiger partial charge in [0.05, 0.1) is 7.11 Å². The second-order valence-corrected chi connectivity index (χ2v) is 5.57. The van der Waals surface area contributed by atoms with Crippen LogP contribution in [-0.4, -0.2) is 12.2 Å². The van der Waals surface area contributed by atoms with Crippen molar-refractivity contribution in [1.82, 2.24) is 0 Å². The third-order valence-electron chi connectivity index (χ3n) is 3.51. The van der Waals surface area contributed by atoms with Crippen molar-refractivity contribution in [3.05, 3.63) is 47.0 Å². The van der Waals surface area contributed by atoms with Crippen LogP contribution >= 0.6 is 0 Å². The second-order valence-electron chi connectivity index (χ2n) is 5.57. The fourth-order valence-electron chi connectivity index (χ4n) is 2.37. The highest BCUT2D eigenvalue weighted by molar-refractivity contribution is 5.49. The zero-order chi connectivity index (χ0) is 15.6. The molecule has 21 heavy (non-hydrogen) atoms. The lowest BCUT2D eigenvalue weighted by Gasteiger charge is -2.15. The van der Waals surface area contributed by atoms with E-state index in [9.17, 15) is 5.11 Å². The molecule has 0 spiro atoms. The summed E-state index contributed by atoms with van der Waals surface area (Å²) >= 11 is 0. The van der Waals surface area contributed by atoms with Gasteiger partial charge in [-0.15, -0.1) is 0 Å². The zero-order valence-electron chi connectivity index (χ0n) is 13.2. The van der Waals surface area contributed by atoms with Crippen LogP contribution in [0.3, 0.4) is 0 Å². The van der Waals surface area contributed by atoms with Gasteiger partial charge in [-0.1, -0.05) is 13.8 Å². The van der Waals surface area contributed by atoms with Crippen molar-refractivity contribution >= 4 is 0 Å². The molecule has 0 saturated heterocycles. The fourth-order valence-corrected chi connectivity index (χ4v) is 2.37. The van der Waals surface area contributed by atoms with Gasteiger partial charge in [-0.2, -0.15) is 0 Å². The van der Waals surface area contributed by atoms with E-state index in [0.717, 1.165) is 33.9 Å². The molecule has 1 N–H and O–H groups in total. The maximum Gasteiger partial charge on any atom is 0.133 e. The monoisotopic (exact) mass is 286 g/mol. The smallest absolute Gasteiger partial charge is 0.133 e. The zero-order valence-corrected chi connectivity index (χ0v) is 13.2. The predicted octanol–water partition coefficient (Wildman–Crippen LogP) is 4.93. The summed E-state index contributed by atoms with van der Waals surface area (Å²) in [4.78, 5) is 0. The SMILES string of the molecule is COc1cc(C)c(Oc2ccc(O)c(C(C)C)c2)c(C)c1. The standard InChI is InChI=1S/C18H22O3/c1-11(2)16-10-14(6-7-17(16)19)21-18-12(3)8-15(20-5)9-13(18)4/h6-11,19H,1-5H3. The molecule has 0 atom stereocenters. The molecule has 0 unspecified atom stereocenters. The molecular formula is C18H22O3. The van der Waals surface area contributed by atoms with Crippen LogP contribution in [0.2, 0.25) is 0 Å². The largest absolute Gasteiger partial charge is 0.508 e. The van der Waals surface area contributed by atoms with E-state index in [1.165, 1.54) is 0 Å². The van der Waals surface area contributed by atoms with E-state index in [2.05, 4.69) is 0 Å². The summed E-state index contributed by atoms with van der Waals surface area (Å²) in [6.07, 6.45) is 0. The van der Waals surface area contributed by atoms with Gasteiger partial charge in [-0.05, 0) is 61.2 Å². The number of aromatic hydroxyl groups is 1. The summed E-state index contributed by atoms with van der Waals surface area (Å²) in [5, 5.41) is 9.88. The van der Waals surface area contributed by atoms with Crippen LogP contribution in [0.1, 0.15) is 36.5 Å². The third kappa shape index (κ3) is 3.30. The molecule has 0 bridgehead atoms. The molecular weight excluding hydrogens is 264 g/mol. The van der Waals surface area contributed by atoms with Gasteiger partial charge in [0.25, 0.3) is 0 Å². The molecule has 0 amide bonds. The van der Waals surface area contributed by atoms with Crippen LogP contribution in [-0.2, 0) is 0 Å². The Labute approximate surface area is 126 Å². The average Bonchev–Trinajstić information content (AvgIpc) is 2.43.